The van der Waals surface area contributed by atoms with Gasteiger partial charge in [0.05, 0.1) is 5.69 Å². The highest BCUT2D eigenvalue weighted by Gasteiger charge is 2.09. The van der Waals surface area contributed by atoms with E-state index in [4.69, 9.17) is 0 Å². The second-order valence-electron chi connectivity index (χ2n) is 4.26. The molecule has 4 heteroatoms. The van der Waals surface area contributed by atoms with Crippen LogP contribution >= 0.6 is 0 Å². The van der Waals surface area contributed by atoms with Gasteiger partial charge in [0.15, 0.2) is 0 Å². The molecule has 1 aromatic carbocycles. The SMILES string of the molecule is CCc1c(C)c(Cc2ccc(F)cc2)n[nH]c1=O. The van der Waals surface area contributed by atoms with Crippen LogP contribution in [0.15, 0.2) is 29.1 Å². The minimum atomic E-state index is -0.251. The first-order chi connectivity index (χ1) is 8.61. The van der Waals surface area contributed by atoms with E-state index in [0.29, 0.717) is 12.8 Å². The highest BCUT2D eigenvalue weighted by Crippen LogP contribution is 2.13. The molecule has 1 N–H and O–H groups in total. The average molecular weight is 246 g/mol. The summed E-state index contributed by atoms with van der Waals surface area (Å²) >= 11 is 0. The molecule has 1 aromatic heterocycles. The second kappa shape index (κ2) is 5.12. The molecule has 0 fully saturated rings. The zero-order valence-corrected chi connectivity index (χ0v) is 10.5. The van der Waals surface area contributed by atoms with Gasteiger partial charge in [-0.1, -0.05) is 19.1 Å². The van der Waals surface area contributed by atoms with Crippen molar-refractivity contribution in [1.29, 1.82) is 0 Å². The van der Waals surface area contributed by atoms with E-state index in [2.05, 4.69) is 10.2 Å². The third-order valence-electron chi connectivity index (χ3n) is 3.09. The van der Waals surface area contributed by atoms with E-state index >= 15 is 0 Å². The van der Waals surface area contributed by atoms with E-state index in [1.807, 2.05) is 13.8 Å². The van der Waals surface area contributed by atoms with E-state index in [1.165, 1.54) is 12.1 Å². The van der Waals surface area contributed by atoms with Crippen molar-refractivity contribution in [2.24, 2.45) is 0 Å². The molecule has 0 aliphatic heterocycles. The number of hydrogen-bond donors (Lipinski definition) is 1. The zero-order valence-electron chi connectivity index (χ0n) is 10.5. The van der Waals surface area contributed by atoms with Crippen molar-refractivity contribution < 1.29 is 4.39 Å². The number of rotatable bonds is 3. The molecule has 2 aromatic rings. The highest BCUT2D eigenvalue weighted by atomic mass is 19.1. The smallest absolute Gasteiger partial charge is 0.267 e. The Balaban J connectivity index is 2.35. The molecular formula is C14H15FN2O. The molecule has 0 bridgehead atoms. The fraction of sp³-hybridized carbons (Fsp3) is 0.286. The predicted molar refractivity (Wildman–Crippen MR) is 68.2 cm³/mol. The van der Waals surface area contributed by atoms with Crippen LogP contribution in [0.3, 0.4) is 0 Å². The van der Waals surface area contributed by atoms with Gasteiger partial charge in [0.1, 0.15) is 5.82 Å². The van der Waals surface area contributed by atoms with Crippen molar-refractivity contribution in [3.8, 4) is 0 Å². The molecule has 0 radical (unpaired) electrons. The van der Waals surface area contributed by atoms with Crippen LogP contribution in [-0.4, -0.2) is 10.2 Å². The minimum Gasteiger partial charge on any atom is -0.268 e. The molecule has 0 amide bonds. The monoisotopic (exact) mass is 246 g/mol. The largest absolute Gasteiger partial charge is 0.268 e. The van der Waals surface area contributed by atoms with E-state index in [-0.39, 0.29) is 11.4 Å². The summed E-state index contributed by atoms with van der Waals surface area (Å²) in [4.78, 5) is 11.6. The summed E-state index contributed by atoms with van der Waals surface area (Å²) in [6.07, 6.45) is 1.27. The van der Waals surface area contributed by atoms with Gasteiger partial charge < -0.3 is 0 Å². The molecule has 0 aliphatic rings. The maximum absolute atomic E-state index is 12.8. The summed E-state index contributed by atoms with van der Waals surface area (Å²) in [7, 11) is 0. The van der Waals surface area contributed by atoms with Gasteiger partial charge >= 0.3 is 0 Å². The fourth-order valence-electron chi connectivity index (χ4n) is 2.01. The van der Waals surface area contributed by atoms with Crippen LogP contribution in [-0.2, 0) is 12.8 Å². The maximum atomic E-state index is 12.8. The van der Waals surface area contributed by atoms with Gasteiger partial charge in [0, 0.05) is 12.0 Å². The first-order valence-electron chi connectivity index (χ1n) is 5.93. The van der Waals surface area contributed by atoms with E-state index in [9.17, 15) is 9.18 Å². The van der Waals surface area contributed by atoms with Crippen LogP contribution in [0.2, 0.25) is 0 Å². The van der Waals surface area contributed by atoms with Crippen molar-refractivity contribution in [2.45, 2.75) is 26.7 Å². The Hall–Kier alpha value is -1.97. The summed E-state index contributed by atoms with van der Waals surface area (Å²) in [5, 5.41) is 6.59. The van der Waals surface area contributed by atoms with Gasteiger partial charge in [-0.05, 0) is 36.6 Å². The summed E-state index contributed by atoms with van der Waals surface area (Å²) < 4.78 is 12.8. The Morgan fingerprint density at radius 3 is 2.56 bits per heavy atom. The lowest BCUT2D eigenvalue weighted by Gasteiger charge is -2.08. The molecule has 3 nitrogen and oxygen atoms in total. The van der Waals surface area contributed by atoms with Crippen LogP contribution in [0.1, 0.15) is 29.3 Å². The molecule has 1 heterocycles. The molecular weight excluding hydrogens is 231 g/mol. The molecule has 0 saturated heterocycles. The Morgan fingerprint density at radius 1 is 1.28 bits per heavy atom. The number of aromatic amines is 1. The number of aromatic nitrogens is 2. The van der Waals surface area contributed by atoms with Gasteiger partial charge in [-0.15, -0.1) is 0 Å². The van der Waals surface area contributed by atoms with Crippen LogP contribution in [0, 0.1) is 12.7 Å². The van der Waals surface area contributed by atoms with Gasteiger partial charge in [-0.3, -0.25) is 4.79 Å². The lowest BCUT2D eigenvalue weighted by Crippen LogP contribution is -2.18. The van der Waals surface area contributed by atoms with Crippen LogP contribution in [0.5, 0.6) is 0 Å². The molecule has 0 aliphatic carbocycles. The lowest BCUT2D eigenvalue weighted by atomic mass is 10.0. The minimum absolute atomic E-state index is 0.127. The van der Waals surface area contributed by atoms with Gasteiger partial charge in [-0.25, -0.2) is 9.49 Å². The standard InChI is InChI=1S/C14H15FN2O/c1-3-12-9(2)13(16-17-14(12)18)8-10-4-6-11(15)7-5-10/h4-7H,3,8H2,1-2H3,(H,17,18). The summed E-state index contributed by atoms with van der Waals surface area (Å²) in [5.74, 6) is -0.251. The van der Waals surface area contributed by atoms with E-state index in [1.54, 1.807) is 12.1 Å². The third kappa shape index (κ3) is 2.47. The normalized spacial score (nSPS) is 10.6. The van der Waals surface area contributed by atoms with Crippen LogP contribution in [0.4, 0.5) is 4.39 Å². The van der Waals surface area contributed by atoms with Crippen LogP contribution in [0.25, 0.3) is 0 Å². The average Bonchev–Trinajstić information content (AvgIpc) is 2.36. The van der Waals surface area contributed by atoms with Gasteiger partial charge in [0.25, 0.3) is 5.56 Å². The first kappa shape index (κ1) is 12.5. The lowest BCUT2D eigenvalue weighted by molar-refractivity contribution is 0.627. The zero-order chi connectivity index (χ0) is 13.1. The van der Waals surface area contributed by atoms with Crippen molar-refractivity contribution >= 4 is 0 Å². The van der Waals surface area contributed by atoms with Gasteiger partial charge in [0.2, 0.25) is 0 Å². The van der Waals surface area contributed by atoms with Crippen molar-refractivity contribution in [1.82, 2.24) is 10.2 Å². The molecule has 94 valence electrons. The predicted octanol–water partition coefficient (Wildman–Crippen LogP) is 2.37. The van der Waals surface area contributed by atoms with E-state index in [0.717, 1.165) is 22.4 Å². The second-order valence-corrected chi connectivity index (χ2v) is 4.26. The highest BCUT2D eigenvalue weighted by molar-refractivity contribution is 5.31. The number of nitrogens with one attached hydrogen (secondary N) is 1. The topological polar surface area (TPSA) is 45.8 Å². The molecule has 18 heavy (non-hydrogen) atoms. The Labute approximate surface area is 105 Å². The Morgan fingerprint density at radius 2 is 1.94 bits per heavy atom. The molecule has 0 unspecified atom stereocenters. The Bertz CT molecular complexity index is 602. The summed E-state index contributed by atoms with van der Waals surface area (Å²) in [6.45, 7) is 3.85. The van der Waals surface area contributed by atoms with Crippen molar-refractivity contribution in [3.05, 3.63) is 62.8 Å². The van der Waals surface area contributed by atoms with Crippen LogP contribution < -0.4 is 5.56 Å². The molecule has 0 saturated carbocycles. The first-order valence-corrected chi connectivity index (χ1v) is 5.93. The Kier molecular flexibility index (Phi) is 3.55. The maximum Gasteiger partial charge on any atom is 0.267 e. The number of benzene rings is 1. The summed E-state index contributed by atoms with van der Waals surface area (Å²) in [5.41, 5.74) is 3.37. The van der Waals surface area contributed by atoms with Gasteiger partial charge in [-0.2, -0.15) is 5.10 Å². The van der Waals surface area contributed by atoms with E-state index < -0.39 is 0 Å². The molecule has 0 spiro atoms. The molecule has 2 rings (SSSR count). The third-order valence-corrected chi connectivity index (χ3v) is 3.09. The summed E-state index contributed by atoms with van der Waals surface area (Å²) in [6, 6.07) is 6.31. The quantitative estimate of drug-likeness (QED) is 0.903. The number of H-pyrrole nitrogens is 1. The van der Waals surface area contributed by atoms with Crippen molar-refractivity contribution in [3.63, 3.8) is 0 Å². The van der Waals surface area contributed by atoms with Crippen molar-refractivity contribution in [2.75, 3.05) is 0 Å². The number of hydrogen-bond acceptors (Lipinski definition) is 2. The molecule has 0 atom stereocenters. The fourth-order valence-corrected chi connectivity index (χ4v) is 2.01. The number of nitrogens with zero attached hydrogens (tertiary/aromatic N) is 1. The number of halogens is 1.